The first-order valence-electron chi connectivity index (χ1n) is 3.50. The van der Waals surface area contributed by atoms with Gasteiger partial charge in [-0.2, -0.15) is 5.26 Å². The van der Waals surface area contributed by atoms with Crippen molar-refractivity contribution in [2.75, 3.05) is 5.88 Å². The summed E-state index contributed by atoms with van der Waals surface area (Å²) in [6.45, 7) is 0.648. The SMILES string of the molecule is N#Cc1nccn1C/C=C/CCl. The van der Waals surface area contributed by atoms with Gasteiger partial charge in [0, 0.05) is 24.8 Å². The van der Waals surface area contributed by atoms with Crippen molar-refractivity contribution in [2.24, 2.45) is 0 Å². The summed E-state index contributed by atoms with van der Waals surface area (Å²) in [5, 5.41) is 8.58. The van der Waals surface area contributed by atoms with Crippen LogP contribution in [0.25, 0.3) is 0 Å². The van der Waals surface area contributed by atoms with E-state index in [1.807, 2.05) is 18.2 Å². The predicted octanol–water partition coefficient (Wildman–Crippen LogP) is 1.55. The van der Waals surface area contributed by atoms with Gasteiger partial charge in [0.15, 0.2) is 0 Å². The smallest absolute Gasteiger partial charge is 0.212 e. The van der Waals surface area contributed by atoms with E-state index in [1.165, 1.54) is 0 Å². The molecule has 0 saturated heterocycles. The molecular weight excluding hydrogens is 174 g/mol. The third kappa shape index (κ3) is 2.11. The quantitative estimate of drug-likeness (QED) is 0.525. The lowest BCUT2D eigenvalue weighted by Crippen LogP contribution is -1.96. The van der Waals surface area contributed by atoms with Gasteiger partial charge in [0.2, 0.25) is 5.82 Å². The van der Waals surface area contributed by atoms with Crippen LogP contribution in [0.2, 0.25) is 0 Å². The van der Waals surface area contributed by atoms with Gasteiger partial charge in [0.25, 0.3) is 0 Å². The highest BCUT2D eigenvalue weighted by molar-refractivity contribution is 6.18. The summed E-state index contributed by atoms with van der Waals surface area (Å²) in [7, 11) is 0. The molecule has 1 rings (SSSR count). The van der Waals surface area contributed by atoms with Crippen LogP contribution in [0.5, 0.6) is 0 Å². The molecule has 12 heavy (non-hydrogen) atoms. The minimum atomic E-state index is 0.425. The number of hydrogen-bond donors (Lipinski definition) is 0. The largest absolute Gasteiger partial charge is 0.319 e. The monoisotopic (exact) mass is 181 g/mol. The van der Waals surface area contributed by atoms with Gasteiger partial charge >= 0.3 is 0 Å². The highest BCUT2D eigenvalue weighted by Crippen LogP contribution is 1.95. The second kappa shape index (κ2) is 4.58. The van der Waals surface area contributed by atoms with E-state index in [0.717, 1.165) is 0 Å². The molecule has 62 valence electrons. The van der Waals surface area contributed by atoms with Gasteiger partial charge in [-0.15, -0.1) is 11.6 Å². The molecule has 3 nitrogen and oxygen atoms in total. The van der Waals surface area contributed by atoms with E-state index in [9.17, 15) is 0 Å². The Morgan fingerprint density at radius 1 is 1.67 bits per heavy atom. The third-order valence-corrected chi connectivity index (χ3v) is 1.55. The molecule has 0 aliphatic rings. The molecule has 0 saturated carbocycles. The number of nitrogens with zero attached hydrogens (tertiary/aromatic N) is 3. The molecule has 0 aliphatic heterocycles. The van der Waals surface area contributed by atoms with Crippen LogP contribution >= 0.6 is 11.6 Å². The zero-order valence-corrected chi connectivity index (χ0v) is 7.20. The van der Waals surface area contributed by atoms with E-state index in [-0.39, 0.29) is 0 Å². The van der Waals surface area contributed by atoms with Gasteiger partial charge in [-0.05, 0) is 0 Å². The first-order valence-corrected chi connectivity index (χ1v) is 4.04. The Balaban J connectivity index is 2.64. The van der Waals surface area contributed by atoms with Crippen LogP contribution in [0, 0.1) is 11.3 Å². The number of nitriles is 1. The number of allylic oxidation sites excluding steroid dienone is 2. The summed E-state index contributed by atoms with van der Waals surface area (Å²) in [6.07, 6.45) is 7.10. The van der Waals surface area contributed by atoms with Gasteiger partial charge in [0.05, 0.1) is 0 Å². The van der Waals surface area contributed by atoms with Gasteiger partial charge < -0.3 is 4.57 Å². The zero-order valence-electron chi connectivity index (χ0n) is 6.44. The normalized spacial score (nSPS) is 10.3. The molecule has 0 atom stereocenters. The average Bonchev–Trinajstić information content (AvgIpc) is 2.52. The number of hydrogen-bond acceptors (Lipinski definition) is 2. The Labute approximate surface area is 75.9 Å². The van der Waals surface area contributed by atoms with E-state index < -0.39 is 0 Å². The molecule has 1 heterocycles. The van der Waals surface area contributed by atoms with Crippen LogP contribution in [-0.2, 0) is 6.54 Å². The Morgan fingerprint density at radius 3 is 3.17 bits per heavy atom. The predicted molar refractivity (Wildman–Crippen MR) is 46.8 cm³/mol. The minimum Gasteiger partial charge on any atom is -0.319 e. The van der Waals surface area contributed by atoms with Crippen molar-refractivity contribution in [1.29, 1.82) is 5.26 Å². The Hall–Kier alpha value is -1.27. The molecule has 1 aromatic rings. The second-order valence-corrected chi connectivity index (χ2v) is 2.45. The molecule has 0 aliphatic carbocycles. The van der Waals surface area contributed by atoms with Gasteiger partial charge in [-0.1, -0.05) is 12.2 Å². The fourth-order valence-corrected chi connectivity index (χ4v) is 0.947. The Morgan fingerprint density at radius 2 is 2.50 bits per heavy atom. The highest BCUT2D eigenvalue weighted by atomic mass is 35.5. The molecule has 0 aromatic carbocycles. The zero-order chi connectivity index (χ0) is 8.81. The van der Waals surface area contributed by atoms with Crippen LogP contribution in [0.15, 0.2) is 24.5 Å². The molecule has 0 N–H and O–H groups in total. The number of alkyl halides is 1. The Kier molecular flexibility index (Phi) is 3.36. The summed E-state index contributed by atoms with van der Waals surface area (Å²) in [5.41, 5.74) is 0. The summed E-state index contributed by atoms with van der Waals surface area (Å²) in [4.78, 5) is 3.85. The van der Waals surface area contributed by atoms with Crippen LogP contribution in [-0.4, -0.2) is 15.4 Å². The summed E-state index contributed by atoms with van der Waals surface area (Å²) < 4.78 is 1.75. The van der Waals surface area contributed by atoms with Crippen molar-refractivity contribution in [1.82, 2.24) is 9.55 Å². The minimum absolute atomic E-state index is 0.425. The maximum Gasteiger partial charge on any atom is 0.212 e. The molecule has 0 bridgehead atoms. The van der Waals surface area contributed by atoms with Crippen molar-refractivity contribution < 1.29 is 0 Å². The number of imidazole rings is 1. The molecule has 0 unspecified atom stereocenters. The molecular formula is C8H8ClN3. The summed E-state index contributed by atoms with van der Waals surface area (Å²) in [5.74, 6) is 0.922. The molecule has 4 heteroatoms. The van der Waals surface area contributed by atoms with Crippen LogP contribution in [0.3, 0.4) is 0 Å². The first kappa shape index (κ1) is 8.82. The molecule has 0 radical (unpaired) electrons. The maximum atomic E-state index is 8.58. The molecule has 0 fully saturated rings. The number of rotatable bonds is 3. The highest BCUT2D eigenvalue weighted by Gasteiger charge is 1.96. The fourth-order valence-electron chi connectivity index (χ4n) is 0.821. The van der Waals surface area contributed by atoms with Crippen LogP contribution < -0.4 is 0 Å². The Bertz CT molecular complexity index is 308. The standard InChI is InChI=1S/C8H8ClN3/c9-3-1-2-5-12-6-4-11-8(12)7-10/h1-2,4,6H,3,5H2/b2-1+. The second-order valence-electron chi connectivity index (χ2n) is 2.14. The van der Waals surface area contributed by atoms with E-state index in [4.69, 9.17) is 16.9 Å². The summed E-state index contributed by atoms with van der Waals surface area (Å²) >= 11 is 5.44. The lowest BCUT2D eigenvalue weighted by atomic mass is 10.5. The topological polar surface area (TPSA) is 41.6 Å². The number of halogens is 1. The van der Waals surface area contributed by atoms with Crippen molar-refractivity contribution in [3.8, 4) is 6.07 Å². The molecule has 1 aromatic heterocycles. The van der Waals surface area contributed by atoms with E-state index in [2.05, 4.69) is 4.98 Å². The van der Waals surface area contributed by atoms with Crippen molar-refractivity contribution in [2.45, 2.75) is 6.54 Å². The fraction of sp³-hybridized carbons (Fsp3) is 0.250. The number of aromatic nitrogens is 2. The molecule has 0 spiro atoms. The van der Waals surface area contributed by atoms with Crippen molar-refractivity contribution >= 4 is 11.6 Å². The van der Waals surface area contributed by atoms with E-state index in [1.54, 1.807) is 17.0 Å². The van der Waals surface area contributed by atoms with Gasteiger partial charge in [-0.25, -0.2) is 4.98 Å². The van der Waals surface area contributed by atoms with E-state index >= 15 is 0 Å². The lowest BCUT2D eigenvalue weighted by Gasteiger charge is -1.95. The van der Waals surface area contributed by atoms with Crippen molar-refractivity contribution in [3.63, 3.8) is 0 Å². The van der Waals surface area contributed by atoms with Crippen molar-refractivity contribution in [3.05, 3.63) is 30.4 Å². The maximum absolute atomic E-state index is 8.58. The molecule has 0 amide bonds. The van der Waals surface area contributed by atoms with Crippen LogP contribution in [0.1, 0.15) is 5.82 Å². The summed E-state index contributed by atoms with van der Waals surface area (Å²) in [6, 6.07) is 1.99. The van der Waals surface area contributed by atoms with Gasteiger partial charge in [-0.3, -0.25) is 0 Å². The lowest BCUT2D eigenvalue weighted by molar-refractivity contribution is 0.803. The van der Waals surface area contributed by atoms with Crippen LogP contribution in [0.4, 0.5) is 0 Å². The first-order chi connectivity index (χ1) is 5.88. The third-order valence-electron chi connectivity index (χ3n) is 1.37. The van der Waals surface area contributed by atoms with E-state index in [0.29, 0.717) is 18.2 Å². The average molecular weight is 182 g/mol. The van der Waals surface area contributed by atoms with Gasteiger partial charge in [0.1, 0.15) is 6.07 Å².